The number of rotatable bonds is 2. The maximum absolute atomic E-state index is 2.56. The molecular weight excluding hydrogens is 609 g/mol. The second kappa shape index (κ2) is 9.55. The number of allylic oxidation sites excluding steroid dienone is 4. The van der Waals surface area contributed by atoms with Crippen molar-refractivity contribution in [3.05, 3.63) is 163 Å². The molecule has 12 rings (SSSR count). The van der Waals surface area contributed by atoms with Crippen molar-refractivity contribution in [1.29, 1.82) is 0 Å². The highest BCUT2D eigenvalue weighted by molar-refractivity contribution is 6.20. The molecule has 4 heterocycles. The van der Waals surface area contributed by atoms with Crippen molar-refractivity contribution in [2.45, 2.75) is 12.8 Å². The van der Waals surface area contributed by atoms with Gasteiger partial charge in [-0.25, -0.2) is 0 Å². The molecule has 3 aliphatic rings. The zero-order valence-electron chi connectivity index (χ0n) is 27.2. The molecule has 234 valence electrons. The highest BCUT2D eigenvalue weighted by atomic mass is 15.2. The standard InChI is InChI=1S/C46H30N4/c1-2-14-30-29(13-1)37(47-39-21-7-9-23-41(39)49-35-19-5-3-15-31(35)33-17-11-25-43(47)45(33)49)27-28-38(30)48-40-22-8-10-24-42(40)50-36-20-6-4-16-32(36)34-18-12-26-44(48)46(34)50/h1-7,9-21,23-28H,8,22H2. The van der Waals surface area contributed by atoms with E-state index >= 15 is 0 Å². The van der Waals surface area contributed by atoms with Crippen LogP contribution in [0.15, 0.2) is 163 Å². The van der Waals surface area contributed by atoms with Gasteiger partial charge in [-0.05, 0) is 67.4 Å². The Bertz CT molecular complexity index is 3010. The van der Waals surface area contributed by atoms with Crippen molar-refractivity contribution in [2.24, 2.45) is 0 Å². The fourth-order valence-corrected chi connectivity index (χ4v) is 9.24. The van der Waals surface area contributed by atoms with Crippen molar-refractivity contribution < 1.29 is 0 Å². The molecule has 0 fully saturated rings. The Morgan fingerprint density at radius 2 is 0.860 bits per heavy atom. The van der Waals surface area contributed by atoms with Gasteiger partial charge in [0, 0.05) is 38.0 Å². The SMILES string of the molecule is C1=CC2=C(CC1)N(c1ccc(N3c4ccccc4-n4c5ccccc5c5cccc3c54)c3ccccc13)c1cccc3c4ccccc4n2c13. The molecule has 0 saturated heterocycles. The monoisotopic (exact) mass is 638 g/mol. The van der Waals surface area contributed by atoms with E-state index in [1.807, 2.05) is 0 Å². The molecule has 4 heteroatoms. The quantitative estimate of drug-likeness (QED) is 0.187. The van der Waals surface area contributed by atoms with Gasteiger partial charge in [0.05, 0.1) is 61.9 Å². The van der Waals surface area contributed by atoms with Crippen LogP contribution in [0.2, 0.25) is 0 Å². The maximum atomic E-state index is 2.56. The first-order chi connectivity index (χ1) is 24.9. The molecule has 2 aromatic heterocycles. The predicted octanol–water partition coefficient (Wildman–Crippen LogP) is 12.5. The van der Waals surface area contributed by atoms with Gasteiger partial charge in [-0.15, -0.1) is 0 Å². The van der Waals surface area contributed by atoms with Crippen LogP contribution in [0, 0.1) is 0 Å². The molecule has 0 radical (unpaired) electrons. The Labute approximate surface area is 288 Å². The molecule has 0 saturated carbocycles. The summed E-state index contributed by atoms with van der Waals surface area (Å²) in [4.78, 5) is 5.06. The molecule has 4 nitrogen and oxygen atoms in total. The summed E-state index contributed by atoms with van der Waals surface area (Å²) in [5.74, 6) is 0. The lowest BCUT2D eigenvalue weighted by Crippen LogP contribution is -2.25. The lowest BCUT2D eigenvalue weighted by atomic mass is 9.98. The van der Waals surface area contributed by atoms with Crippen LogP contribution in [0.25, 0.3) is 65.8 Å². The molecule has 0 unspecified atom stereocenters. The van der Waals surface area contributed by atoms with Crippen LogP contribution in [-0.4, -0.2) is 9.13 Å². The summed E-state index contributed by atoms with van der Waals surface area (Å²) in [7, 11) is 0. The second-order valence-corrected chi connectivity index (χ2v) is 13.6. The van der Waals surface area contributed by atoms with Crippen molar-refractivity contribution in [3.8, 4) is 5.69 Å². The summed E-state index contributed by atoms with van der Waals surface area (Å²) in [6.07, 6.45) is 6.68. The van der Waals surface area contributed by atoms with E-state index in [0.29, 0.717) is 0 Å². The smallest absolute Gasteiger partial charge is 0.0783 e. The highest BCUT2D eigenvalue weighted by Gasteiger charge is 2.33. The summed E-state index contributed by atoms with van der Waals surface area (Å²) >= 11 is 0. The van der Waals surface area contributed by atoms with E-state index in [0.717, 1.165) is 12.8 Å². The van der Waals surface area contributed by atoms with Gasteiger partial charge in [-0.3, -0.25) is 0 Å². The predicted molar refractivity (Wildman–Crippen MR) is 210 cm³/mol. The summed E-state index contributed by atoms with van der Waals surface area (Å²) in [6, 6.07) is 53.8. The van der Waals surface area contributed by atoms with Gasteiger partial charge in [0.2, 0.25) is 0 Å². The number of hydrogen-bond acceptors (Lipinski definition) is 2. The summed E-state index contributed by atoms with van der Waals surface area (Å²) in [5.41, 5.74) is 14.9. The van der Waals surface area contributed by atoms with Crippen LogP contribution >= 0.6 is 0 Å². The average Bonchev–Trinajstić information content (AvgIpc) is 3.71. The molecular formula is C46H30N4. The molecule has 0 spiro atoms. The number of hydrogen-bond donors (Lipinski definition) is 0. The van der Waals surface area contributed by atoms with E-state index in [-0.39, 0.29) is 0 Å². The van der Waals surface area contributed by atoms with Crippen LogP contribution in [0.5, 0.6) is 0 Å². The van der Waals surface area contributed by atoms with E-state index in [2.05, 4.69) is 177 Å². The van der Waals surface area contributed by atoms with Crippen LogP contribution in [-0.2, 0) is 0 Å². The van der Waals surface area contributed by atoms with Gasteiger partial charge in [0.1, 0.15) is 0 Å². The third-order valence-electron chi connectivity index (χ3n) is 11.2. The normalized spacial score (nSPS) is 14.8. The maximum Gasteiger partial charge on any atom is 0.0783 e. The fourth-order valence-electron chi connectivity index (χ4n) is 9.24. The van der Waals surface area contributed by atoms with Gasteiger partial charge in [-0.2, -0.15) is 0 Å². The Morgan fingerprint density at radius 1 is 0.360 bits per heavy atom. The zero-order valence-corrected chi connectivity index (χ0v) is 27.2. The highest BCUT2D eigenvalue weighted by Crippen LogP contribution is 2.54. The van der Waals surface area contributed by atoms with Gasteiger partial charge in [-0.1, -0.05) is 103 Å². The van der Waals surface area contributed by atoms with Crippen molar-refractivity contribution in [3.63, 3.8) is 0 Å². The van der Waals surface area contributed by atoms with E-state index in [9.17, 15) is 0 Å². The van der Waals surface area contributed by atoms with Crippen LogP contribution in [0.1, 0.15) is 12.8 Å². The number of nitrogens with zero attached hydrogens (tertiary/aromatic N) is 4. The van der Waals surface area contributed by atoms with Gasteiger partial charge >= 0.3 is 0 Å². The lowest BCUT2D eigenvalue weighted by Gasteiger charge is -2.38. The van der Waals surface area contributed by atoms with E-state index in [1.54, 1.807) is 0 Å². The average molecular weight is 639 g/mol. The summed E-state index contributed by atoms with van der Waals surface area (Å²) in [6.45, 7) is 0. The third kappa shape index (κ3) is 3.21. The van der Waals surface area contributed by atoms with Gasteiger partial charge < -0.3 is 18.9 Å². The van der Waals surface area contributed by atoms with Crippen LogP contribution in [0.4, 0.5) is 28.4 Å². The van der Waals surface area contributed by atoms with Crippen LogP contribution < -0.4 is 9.80 Å². The van der Waals surface area contributed by atoms with Crippen molar-refractivity contribution in [2.75, 3.05) is 9.80 Å². The van der Waals surface area contributed by atoms with Crippen molar-refractivity contribution in [1.82, 2.24) is 9.13 Å². The fraction of sp³-hybridized carbons (Fsp3) is 0.0435. The molecule has 7 aromatic carbocycles. The van der Waals surface area contributed by atoms with E-state index < -0.39 is 0 Å². The topological polar surface area (TPSA) is 16.3 Å². The Kier molecular flexibility index (Phi) is 5.05. The van der Waals surface area contributed by atoms with Gasteiger partial charge in [0.15, 0.2) is 0 Å². The number of fused-ring (bicyclic) bond motifs is 10. The van der Waals surface area contributed by atoms with E-state index in [1.165, 1.54) is 99.9 Å². The third-order valence-corrected chi connectivity index (χ3v) is 11.2. The minimum atomic E-state index is 0.982. The second-order valence-electron chi connectivity index (χ2n) is 13.6. The summed E-state index contributed by atoms with van der Waals surface area (Å²) < 4.78 is 4.96. The molecule has 0 amide bonds. The Balaban J connectivity index is 1.14. The minimum Gasteiger partial charge on any atom is -0.309 e. The number of benzene rings is 7. The molecule has 2 aliphatic heterocycles. The van der Waals surface area contributed by atoms with Crippen LogP contribution in [0.3, 0.4) is 0 Å². The zero-order chi connectivity index (χ0) is 32.5. The Morgan fingerprint density at radius 3 is 1.56 bits per heavy atom. The molecule has 0 N–H and O–H groups in total. The largest absolute Gasteiger partial charge is 0.309 e. The number of para-hydroxylation sites is 6. The Hall–Kier alpha value is -6.52. The molecule has 50 heavy (non-hydrogen) atoms. The van der Waals surface area contributed by atoms with Crippen molar-refractivity contribution >= 4 is 88.5 Å². The molecule has 9 aromatic rings. The number of aromatic nitrogens is 2. The minimum absolute atomic E-state index is 0.982. The number of anilines is 5. The van der Waals surface area contributed by atoms with Gasteiger partial charge in [0.25, 0.3) is 0 Å². The lowest BCUT2D eigenvalue weighted by molar-refractivity contribution is 0.897. The first kappa shape index (κ1) is 26.4. The first-order valence-corrected chi connectivity index (χ1v) is 17.5. The molecule has 1 aliphatic carbocycles. The molecule has 0 bridgehead atoms. The van der Waals surface area contributed by atoms with E-state index in [4.69, 9.17) is 0 Å². The molecule has 0 atom stereocenters. The summed E-state index contributed by atoms with van der Waals surface area (Å²) in [5, 5.41) is 7.62. The first-order valence-electron chi connectivity index (χ1n) is 17.5.